The number of nitrogen functional groups attached to an aromatic ring is 1. The van der Waals surface area contributed by atoms with E-state index in [1.54, 1.807) is 0 Å². The van der Waals surface area contributed by atoms with Crippen molar-refractivity contribution in [3.05, 3.63) is 47.0 Å². The van der Waals surface area contributed by atoms with E-state index in [1.165, 1.54) is 11.3 Å². The molecular formula is C13H17N3. The topological polar surface area (TPSA) is 43.8 Å². The Bertz CT molecular complexity index is 512. The van der Waals surface area contributed by atoms with Crippen molar-refractivity contribution < 1.29 is 0 Å². The van der Waals surface area contributed by atoms with E-state index in [9.17, 15) is 0 Å². The Balaban J connectivity index is 2.34. The van der Waals surface area contributed by atoms with Crippen molar-refractivity contribution in [1.82, 2.24) is 9.55 Å². The molecule has 1 aromatic heterocycles. The summed E-state index contributed by atoms with van der Waals surface area (Å²) in [4.78, 5) is 4.30. The first-order chi connectivity index (χ1) is 7.59. The van der Waals surface area contributed by atoms with Crippen LogP contribution in [0.3, 0.4) is 0 Å². The molecule has 0 bridgehead atoms. The largest absolute Gasteiger partial charge is 0.399 e. The first kappa shape index (κ1) is 10.7. The fraction of sp³-hybridized carbons (Fsp3) is 0.308. The van der Waals surface area contributed by atoms with Crippen LogP contribution < -0.4 is 5.73 Å². The quantitative estimate of drug-likeness (QED) is 0.782. The molecule has 0 unspecified atom stereocenters. The third-order valence-electron chi connectivity index (χ3n) is 3.17. The van der Waals surface area contributed by atoms with Gasteiger partial charge in [-0.1, -0.05) is 12.1 Å². The molecule has 0 radical (unpaired) electrons. The SMILES string of the molecule is Cc1ncn(Cc2cccc(N)c2C)c1C. The fourth-order valence-corrected chi connectivity index (χ4v) is 1.76. The summed E-state index contributed by atoms with van der Waals surface area (Å²) >= 11 is 0. The summed E-state index contributed by atoms with van der Waals surface area (Å²) in [5.41, 5.74) is 11.5. The lowest BCUT2D eigenvalue weighted by atomic mass is 10.1. The molecule has 0 aliphatic rings. The van der Waals surface area contributed by atoms with Crippen LogP contribution in [0.15, 0.2) is 24.5 Å². The van der Waals surface area contributed by atoms with Crippen LogP contribution in [0, 0.1) is 20.8 Å². The molecule has 1 heterocycles. The van der Waals surface area contributed by atoms with E-state index in [2.05, 4.69) is 29.5 Å². The number of benzene rings is 1. The van der Waals surface area contributed by atoms with Crippen LogP contribution in [0.1, 0.15) is 22.5 Å². The molecule has 0 amide bonds. The van der Waals surface area contributed by atoms with Gasteiger partial charge in [0.25, 0.3) is 0 Å². The van der Waals surface area contributed by atoms with Gasteiger partial charge in [-0.2, -0.15) is 0 Å². The van der Waals surface area contributed by atoms with Crippen molar-refractivity contribution in [2.24, 2.45) is 0 Å². The molecule has 16 heavy (non-hydrogen) atoms. The molecule has 1 aromatic carbocycles. The van der Waals surface area contributed by atoms with Gasteiger partial charge in [-0.15, -0.1) is 0 Å². The Kier molecular flexibility index (Phi) is 2.69. The number of hydrogen-bond donors (Lipinski definition) is 1. The van der Waals surface area contributed by atoms with E-state index >= 15 is 0 Å². The van der Waals surface area contributed by atoms with E-state index in [0.29, 0.717) is 0 Å². The van der Waals surface area contributed by atoms with Gasteiger partial charge >= 0.3 is 0 Å². The number of hydrogen-bond acceptors (Lipinski definition) is 2. The molecule has 0 atom stereocenters. The normalized spacial score (nSPS) is 10.7. The van der Waals surface area contributed by atoms with E-state index in [0.717, 1.165) is 23.5 Å². The van der Waals surface area contributed by atoms with Crippen LogP contribution in [0.25, 0.3) is 0 Å². The van der Waals surface area contributed by atoms with Crippen molar-refractivity contribution in [3.63, 3.8) is 0 Å². The van der Waals surface area contributed by atoms with Gasteiger partial charge in [-0.05, 0) is 38.0 Å². The average molecular weight is 215 g/mol. The summed E-state index contributed by atoms with van der Waals surface area (Å²) in [5, 5.41) is 0. The molecule has 84 valence electrons. The van der Waals surface area contributed by atoms with E-state index in [1.807, 2.05) is 25.4 Å². The van der Waals surface area contributed by atoms with E-state index in [-0.39, 0.29) is 0 Å². The Morgan fingerprint density at radius 1 is 1.25 bits per heavy atom. The molecule has 2 aromatic rings. The molecular weight excluding hydrogens is 198 g/mol. The van der Waals surface area contributed by atoms with Gasteiger partial charge in [-0.25, -0.2) is 4.98 Å². The highest BCUT2D eigenvalue weighted by atomic mass is 15.0. The Labute approximate surface area is 95.9 Å². The maximum Gasteiger partial charge on any atom is 0.0954 e. The fourth-order valence-electron chi connectivity index (χ4n) is 1.76. The van der Waals surface area contributed by atoms with Crippen molar-refractivity contribution in [2.45, 2.75) is 27.3 Å². The van der Waals surface area contributed by atoms with Crippen LogP contribution >= 0.6 is 0 Å². The predicted molar refractivity (Wildman–Crippen MR) is 66.4 cm³/mol. The average Bonchev–Trinajstić information content (AvgIpc) is 2.57. The smallest absolute Gasteiger partial charge is 0.0954 e. The van der Waals surface area contributed by atoms with Crippen LogP contribution in [0.4, 0.5) is 5.69 Å². The molecule has 0 aliphatic heterocycles. The Morgan fingerprint density at radius 2 is 2.00 bits per heavy atom. The van der Waals surface area contributed by atoms with E-state index < -0.39 is 0 Å². The molecule has 0 fully saturated rings. The van der Waals surface area contributed by atoms with Crippen molar-refractivity contribution >= 4 is 5.69 Å². The number of rotatable bonds is 2. The second kappa shape index (κ2) is 4.00. The number of aryl methyl sites for hydroxylation is 1. The van der Waals surface area contributed by atoms with Crippen LogP contribution in [0.5, 0.6) is 0 Å². The molecule has 2 N–H and O–H groups in total. The molecule has 3 nitrogen and oxygen atoms in total. The van der Waals surface area contributed by atoms with Crippen molar-refractivity contribution in [2.75, 3.05) is 5.73 Å². The van der Waals surface area contributed by atoms with Gasteiger partial charge in [-0.3, -0.25) is 0 Å². The summed E-state index contributed by atoms with van der Waals surface area (Å²) in [7, 11) is 0. The molecule has 3 heteroatoms. The Morgan fingerprint density at radius 3 is 2.62 bits per heavy atom. The zero-order chi connectivity index (χ0) is 11.7. The lowest BCUT2D eigenvalue weighted by Crippen LogP contribution is -2.04. The lowest BCUT2D eigenvalue weighted by molar-refractivity contribution is 0.765. The summed E-state index contributed by atoms with van der Waals surface area (Å²) in [6.07, 6.45) is 1.88. The minimum Gasteiger partial charge on any atom is -0.399 e. The van der Waals surface area contributed by atoms with Gasteiger partial charge in [0.15, 0.2) is 0 Å². The van der Waals surface area contributed by atoms with Gasteiger partial charge in [0.1, 0.15) is 0 Å². The molecule has 0 spiro atoms. The van der Waals surface area contributed by atoms with Gasteiger partial charge in [0, 0.05) is 17.9 Å². The predicted octanol–water partition coefficient (Wildman–Crippen LogP) is 2.44. The lowest BCUT2D eigenvalue weighted by Gasteiger charge is -2.10. The van der Waals surface area contributed by atoms with Crippen LogP contribution in [-0.4, -0.2) is 9.55 Å². The third-order valence-corrected chi connectivity index (χ3v) is 3.17. The highest BCUT2D eigenvalue weighted by Crippen LogP contribution is 2.17. The van der Waals surface area contributed by atoms with Gasteiger partial charge in [0.05, 0.1) is 12.0 Å². The standard InChI is InChI=1S/C13H17N3/c1-9-12(5-4-6-13(9)14)7-16-8-15-10(2)11(16)3/h4-6,8H,7,14H2,1-3H3. The second-order valence-corrected chi connectivity index (χ2v) is 4.17. The first-order valence-electron chi connectivity index (χ1n) is 5.42. The molecule has 2 rings (SSSR count). The van der Waals surface area contributed by atoms with E-state index in [4.69, 9.17) is 5.73 Å². The van der Waals surface area contributed by atoms with Gasteiger partial charge < -0.3 is 10.3 Å². The zero-order valence-corrected chi connectivity index (χ0v) is 9.99. The summed E-state index contributed by atoms with van der Waals surface area (Å²) in [6.45, 7) is 7.01. The third kappa shape index (κ3) is 1.81. The number of aromatic nitrogens is 2. The maximum atomic E-state index is 5.89. The highest BCUT2D eigenvalue weighted by Gasteiger charge is 2.05. The van der Waals surface area contributed by atoms with Crippen molar-refractivity contribution in [3.8, 4) is 0 Å². The maximum absolute atomic E-state index is 5.89. The van der Waals surface area contributed by atoms with Crippen LogP contribution in [-0.2, 0) is 6.54 Å². The minimum absolute atomic E-state index is 0.837. The van der Waals surface area contributed by atoms with Crippen LogP contribution in [0.2, 0.25) is 0 Å². The summed E-state index contributed by atoms with van der Waals surface area (Å²) < 4.78 is 2.15. The number of nitrogens with zero attached hydrogens (tertiary/aromatic N) is 2. The Hall–Kier alpha value is -1.77. The minimum atomic E-state index is 0.837. The second-order valence-electron chi connectivity index (χ2n) is 4.17. The monoisotopic (exact) mass is 215 g/mol. The summed E-state index contributed by atoms with van der Waals surface area (Å²) in [5.74, 6) is 0. The molecule has 0 saturated carbocycles. The number of nitrogens with two attached hydrogens (primary N) is 1. The number of anilines is 1. The molecule has 0 saturated heterocycles. The first-order valence-corrected chi connectivity index (χ1v) is 5.42. The highest BCUT2D eigenvalue weighted by molar-refractivity contribution is 5.50. The van der Waals surface area contributed by atoms with Crippen molar-refractivity contribution in [1.29, 1.82) is 0 Å². The summed E-state index contributed by atoms with van der Waals surface area (Å²) in [6, 6.07) is 6.04. The molecule has 0 aliphatic carbocycles. The van der Waals surface area contributed by atoms with Gasteiger partial charge in [0.2, 0.25) is 0 Å². The zero-order valence-electron chi connectivity index (χ0n) is 9.99. The number of imidazole rings is 1.